The molecule has 0 spiro atoms. The fourth-order valence-electron chi connectivity index (χ4n) is 3.61. The quantitative estimate of drug-likeness (QED) is 0.848. The van der Waals surface area contributed by atoms with Gasteiger partial charge in [0.15, 0.2) is 0 Å². The van der Waals surface area contributed by atoms with Crippen molar-refractivity contribution in [3.63, 3.8) is 0 Å². The molecule has 0 bridgehead atoms. The third-order valence-corrected chi connectivity index (χ3v) is 4.87. The summed E-state index contributed by atoms with van der Waals surface area (Å²) in [5.74, 6) is 0.377. The predicted molar refractivity (Wildman–Crippen MR) is 96.7 cm³/mol. The van der Waals surface area contributed by atoms with Gasteiger partial charge in [-0.25, -0.2) is 0 Å². The average molecular weight is 325 g/mol. The lowest BCUT2D eigenvalue weighted by Crippen LogP contribution is -2.39. The zero-order valence-electron chi connectivity index (χ0n) is 14.4. The number of likely N-dealkylation sites (tertiary alicyclic amines) is 1. The van der Waals surface area contributed by atoms with E-state index < -0.39 is 0 Å². The van der Waals surface area contributed by atoms with Crippen LogP contribution in [0.4, 0.5) is 0 Å². The number of aromatic hydroxyl groups is 1. The minimum Gasteiger partial charge on any atom is -0.508 e. The van der Waals surface area contributed by atoms with E-state index in [9.17, 15) is 5.11 Å². The number of phenolic OH excluding ortho intramolecular Hbond substituents is 1. The second-order valence-corrected chi connectivity index (χ2v) is 6.54. The molecule has 0 unspecified atom stereocenters. The molecule has 1 aromatic heterocycles. The number of likely N-dealkylation sites (N-methyl/N-ethyl adjacent to an activating group) is 1. The van der Waals surface area contributed by atoms with Crippen LogP contribution in [0.1, 0.15) is 31.0 Å². The Morgan fingerprint density at radius 2 is 2.00 bits per heavy atom. The van der Waals surface area contributed by atoms with Gasteiger partial charge >= 0.3 is 0 Å². The van der Waals surface area contributed by atoms with Gasteiger partial charge in [-0.05, 0) is 44.1 Å². The Balaban J connectivity index is 1.74. The molecule has 4 nitrogen and oxygen atoms in total. The van der Waals surface area contributed by atoms with Gasteiger partial charge in [-0.15, -0.1) is 0 Å². The Morgan fingerprint density at radius 1 is 1.17 bits per heavy atom. The highest BCUT2D eigenvalue weighted by Gasteiger charge is 2.25. The molecule has 1 N–H and O–H groups in total. The van der Waals surface area contributed by atoms with E-state index >= 15 is 0 Å². The lowest BCUT2D eigenvalue weighted by Gasteiger charge is -2.30. The molecule has 1 saturated heterocycles. The topological polar surface area (TPSA) is 39.6 Å². The van der Waals surface area contributed by atoms with Gasteiger partial charge in [0.2, 0.25) is 0 Å². The molecule has 2 aromatic rings. The van der Waals surface area contributed by atoms with Crippen molar-refractivity contribution >= 4 is 0 Å². The number of aromatic nitrogens is 1. The van der Waals surface area contributed by atoms with E-state index in [1.165, 1.54) is 19.4 Å². The molecule has 0 amide bonds. The van der Waals surface area contributed by atoms with Crippen molar-refractivity contribution in [3.8, 4) is 5.75 Å². The van der Waals surface area contributed by atoms with E-state index in [1.807, 2.05) is 36.5 Å². The van der Waals surface area contributed by atoms with Crippen LogP contribution in [0, 0.1) is 0 Å². The third kappa shape index (κ3) is 4.34. The van der Waals surface area contributed by atoms with Crippen molar-refractivity contribution in [2.75, 3.05) is 19.6 Å². The van der Waals surface area contributed by atoms with Crippen LogP contribution in [0.3, 0.4) is 0 Å². The summed E-state index contributed by atoms with van der Waals surface area (Å²) in [5.41, 5.74) is 2.06. The van der Waals surface area contributed by atoms with Crippen molar-refractivity contribution in [1.82, 2.24) is 14.8 Å². The number of phenols is 1. The monoisotopic (exact) mass is 325 g/mol. The molecule has 1 aromatic carbocycles. The minimum atomic E-state index is 0.377. The Hall–Kier alpha value is -1.91. The van der Waals surface area contributed by atoms with Gasteiger partial charge < -0.3 is 5.11 Å². The van der Waals surface area contributed by atoms with E-state index in [4.69, 9.17) is 0 Å². The summed E-state index contributed by atoms with van der Waals surface area (Å²) in [7, 11) is 0. The zero-order valence-corrected chi connectivity index (χ0v) is 14.4. The van der Waals surface area contributed by atoms with E-state index in [0.717, 1.165) is 37.4 Å². The fourth-order valence-corrected chi connectivity index (χ4v) is 3.61. The molecular weight excluding hydrogens is 298 g/mol. The van der Waals surface area contributed by atoms with E-state index in [2.05, 4.69) is 27.8 Å². The summed E-state index contributed by atoms with van der Waals surface area (Å²) in [6.45, 7) is 7.12. The number of hydrogen-bond acceptors (Lipinski definition) is 4. The highest BCUT2D eigenvalue weighted by molar-refractivity contribution is 5.31. The van der Waals surface area contributed by atoms with Gasteiger partial charge in [-0.3, -0.25) is 14.8 Å². The lowest BCUT2D eigenvalue weighted by atomic mass is 10.1. The summed E-state index contributed by atoms with van der Waals surface area (Å²) >= 11 is 0. The predicted octanol–water partition coefficient (Wildman–Crippen LogP) is 3.27. The SMILES string of the molecule is CCN1CCC[C@@H]1CN(Cc1ccccn1)Cc1ccccc1O. The molecule has 0 radical (unpaired) electrons. The van der Waals surface area contributed by atoms with Crippen molar-refractivity contribution in [1.29, 1.82) is 0 Å². The number of hydrogen-bond donors (Lipinski definition) is 1. The van der Waals surface area contributed by atoms with Crippen LogP contribution in [0.25, 0.3) is 0 Å². The molecule has 4 heteroatoms. The van der Waals surface area contributed by atoms with Crippen LogP contribution in [0.15, 0.2) is 48.7 Å². The molecule has 1 atom stereocenters. The number of para-hydroxylation sites is 1. The maximum atomic E-state index is 10.1. The van der Waals surface area contributed by atoms with Crippen LogP contribution in [0.2, 0.25) is 0 Å². The fraction of sp³-hybridized carbons (Fsp3) is 0.450. The lowest BCUT2D eigenvalue weighted by molar-refractivity contribution is 0.163. The Labute approximate surface area is 144 Å². The second-order valence-electron chi connectivity index (χ2n) is 6.54. The largest absolute Gasteiger partial charge is 0.508 e. The van der Waals surface area contributed by atoms with Gasteiger partial charge in [0.1, 0.15) is 5.75 Å². The van der Waals surface area contributed by atoms with Gasteiger partial charge in [0.05, 0.1) is 5.69 Å². The smallest absolute Gasteiger partial charge is 0.120 e. The Kier molecular flexibility index (Phi) is 5.83. The Morgan fingerprint density at radius 3 is 2.75 bits per heavy atom. The maximum absolute atomic E-state index is 10.1. The van der Waals surface area contributed by atoms with E-state index in [-0.39, 0.29) is 0 Å². The standard InChI is InChI=1S/C20H27N3O/c1-2-23-13-7-10-19(23)16-22(15-18-9-5-6-12-21-18)14-17-8-3-4-11-20(17)24/h3-6,8-9,11-12,19,24H,2,7,10,13-16H2,1H3/t19-/m1/s1. The summed E-state index contributed by atoms with van der Waals surface area (Å²) in [5, 5.41) is 10.1. The van der Waals surface area contributed by atoms with Gasteiger partial charge in [0, 0.05) is 37.4 Å². The van der Waals surface area contributed by atoms with Crippen LogP contribution in [-0.2, 0) is 13.1 Å². The molecule has 3 rings (SSSR count). The molecule has 1 aliphatic rings. The molecule has 0 aliphatic carbocycles. The van der Waals surface area contributed by atoms with Crippen molar-refractivity contribution in [3.05, 3.63) is 59.9 Å². The van der Waals surface area contributed by atoms with Crippen molar-refractivity contribution in [2.24, 2.45) is 0 Å². The normalized spacial score (nSPS) is 18.3. The number of rotatable bonds is 7. The number of pyridine rings is 1. The Bertz CT molecular complexity index is 632. The molecule has 1 aliphatic heterocycles. The first kappa shape index (κ1) is 16.9. The molecule has 128 valence electrons. The number of nitrogens with zero attached hydrogens (tertiary/aromatic N) is 3. The van der Waals surface area contributed by atoms with Gasteiger partial charge in [0.25, 0.3) is 0 Å². The highest BCUT2D eigenvalue weighted by atomic mass is 16.3. The second kappa shape index (κ2) is 8.27. The molecular formula is C20H27N3O. The first-order valence-corrected chi connectivity index (χ1v) is 8.89. The summed E-state index contributed by atoms with van der Waals surface area (Å²) < 4.78 is 0. The molecule has 1 fully saturated rings. The zero-order chi connectivity index (χ0) is 16.8. The molecule has 2 heterocycles. The van der Waals surface area contributed by atoms with Crippen molar-refractivity contribution < 1.29 is 5.11 Å². The van der Waals surface area contributed by atoms with Crippen LogP contribution < -0.4 is 0 Å². The van der Waals surface area contributed by atoms with Crippen molar-refractivity contribution in [2.45, 2.75) is 38.9 Å². The number of benzene rings is 1. The first-order chi connectivity index (χ1) is 11.8. The van der Waals surface area contributed by atoms with Gasteiger partial charge in [-0.2, -0.15) is 0 Å². The van der Waals surface area contributed by atoms with Crippen LogP contribution in [-0.4, -0.2) is 45.6 Å². The van der Waals surface area contributed by atoms with Gasteiger partial charge in [-0.1, -0.05) is 31.2 Å². The molecule has 24 heavy (non-hydrogen) atoms. The summed E-state index contributed by atoms with van der Waals surface area (Å²) in [6.07, 6.45) is 4.39. The maximum Gasteiger partial charge on any atom is 0.120 e. The summed E-state index contributed by atoms with van der Waals surface area (Å²) in [6, 6.07) is 14.3. The summed E-state index contributed by atoms with van der Waals surface area (Å²) in [4.78, 5) is 9.46. The molecule has 0 saturated carbocycles. The first-order valence-electron chi connectivity index (χ1n) is 8.89. The third-order valence-electron chi connectivity index (χ3n) is 4.87. The minimum absolute atomic E-state index is 0.377. The van der Waals surface area contributed by atoms with E-state index in [1.54, 1.807) is 6.07 Å². The average Bonchev–Trinajstić information content (AvgIpc) is 3.05. The van der Waals surface area contributed by atoms with Crippen LogP contribution in [0.5, 0.6) is 5.75 Å². The van der Waals surface area contributed by atoms with Crippen LogP contribution >= 0.6 is 0 Å². The highest BCUT2D eigenvalue weighted by Crippen LogP contribution is 2.22. The van der Waals surface area contributed by atoms with E-state index in [0.29, 0.717) is 11.8 Å².